The third kappa shape index (κ3) is 2.69. The van der Waals surface area contributed by atoms with E-state index in [2.05, 4.69) is 4.90 Å². The van der Waals surface area contributed by atoms with Gasteiger partial charge in [-0.3, -0.25) is 9.69 Å². The predicted molar refractivity (Wildman–Crippen MR) is 89.6 cm³/mol. The van der Waals surface area contributed by atoms with Gasteiger partial charge in [-0.2, -0.15) is 0 Å². The molecule has 1 heterocycles. The largest absolute Gasteiger partial charge is 0.489 e. The van der Waals surface area contributed by atoms with Gasteiger partial charge in [-0.1, -0.05) is 19.3 Å². The van der Waals surface area contributed by atoms with Gasteiger partial charge in [0.25, 0.3) is 0 Å². The van der Waals surface area contributed by atoms with Crippen LogP contribution in [0.25, 0.3) is 0 Å². The van der Waals surface area contributed by atoms with Crippen molar-refractivity contribution in [3.63, 3.8) is 0 Å². The lowest BCUT2D eigenvalue weighted by Gasteiger charge is -2.47. The van der Waals surface area contributed by atoms with Crippen molar-refractivity contribution in [3.8, 4) is 5.75 Å². The van der Waals surface area contributed by atoms with Crippen molar-refractivity contribution in [2.24, 2.45) is 5.73 Å². The second-order valence-electron chi connectivity index (χ2n) is 7.41. The highest BCUT2D eigenvalue weighted by atomic mass is 19.1. The van der Waals surface area contributed by atoms with Crippen molar-refractivity contribution in [2.75, 3.05) is 6.61 Å². The Balaban J connectivity index is 1.64. The first-order valence-corrected chi connectivity index (χ1v) is 9.16. The number of primary amides is 1. The van der Waals surface area contributed by atoms with E-state index < -0.39 is 11.7 Å². The minimum Gasteiger partial charge on any atom is -0.489 e. The number of benzene rings is 1. The van der Waals surface area contributed by atoms with Gasteiger partial charge in [0.2, 0.25) is 5.91 Å². The molecule has 2 fully saturated rings. The number of rotatable bonds is 4. The number of carbonyl (C=O) groups is 1. The molecule has 2 N–H and O–H groups in total. The molecule has 5 heteroatoms. The van der Waals surface area contributed by atoms with Gasteiger partial charge in [0.1, 0.15) is 6.61 Å². The second kappa shape index (κ2) is 6.36. The molecular weight excluding hydrogens is 307 g/mol. The second-order valence-corrected chi connectivity index (χ2v) is 7.41. The zero-order valence-corrected chi connectivity index (χ0v) is 14.0. The molecule has 130 valence electrons. The molecule has 0 aromatic heterocycles. The highest BCUT2D eigenvalue weighted by molar-refractivity contribution is 5.95. The Hall–Kier alpha value is -1.62. The molecule has 3 aliphatic rings. The summed E-state index contributed by atoms with van der Waals surface area (Å²) in [6.45, 7) is 0.499. The molecule has 24 heavy (non-hydrogen) atoms. The molecule has 2 aliphatic carbocycles. The van der Waals surface area contributed by atoms with Crippen molar-refractivity contribution < 1.29 is 13.9 Å². The van der Waals surface area contributed by atoms with E-state index in [1.54, 1.807) is 0 Å². The van der Waals surface area contributed by atoms with Gasteiger partial charge in [-0.25, -0.2) is 4.39 Å². The quantitative estimate of drug-likeness (QED) is 0.922. The zero-order valence-electron chi connectivity index (χ0n) is 14.0. The SMILES string of the molecule is NC(=O)c1ccc(F)c2c1CC(N(C1CCCC1)C1CCC1)CO2. The van der Waals surface area contributed by atoms with Crippen LogP contribution in [-0.2, 0) is 6.42 Å². The fourth-order valence-electron chi connectivity index (χ4n) is 4.64. The van der Waals surface area contributed by atoms with Crippen LogP contribution < -0.4 is 10.5 Å². The van der Waals surface area contributed by atoms with Gasteiger partial charge in [-0.05, 0) is 44.2 Å². The van der Waals surface area contributed by atoms with Crippen LogP contribution in [0.4, 0.5) is 4.39 Å². The Labute approximate surface area is 142 Å². The Morgan fingerprint density at radius 3 is 2.33 bits per heavy atom. The lowest BCUT2D eigenvalue weighted by atomic mass is 9.86. The number of carbonyl (C=O) groups excluding carboxylic acids is 1. The van der Waals surface area contributed by atoms with Crippen LogP contribution in [0.3, 0.4) is 0 Å². The average molecular weight is 332 g/mol. The van der Waals surface area contributed by atoms with Crippen molar-refractivity contribution in [3.05, 3.63) is 29.1 Å². The van der Waals surface area contributed by atoms with Crippen LogP contribution in [0.15, 0.2) is 12.1 Å². The molecule has 1 aliphatic heterocycles. The van der Waals surface area contributed by atoms with Crippen LogP contribution in [0, 0.1) is 5.82 Å². The molecule has 1 aromatic carbocycles. The van der Waals surface area contributed by atoms with Crippen LogP contribution in [0.1, 0.15) is 60.9 Å². The summed E-state index contributed by atoms with van der Waals surface area (Å²) in [5, 5.41) is 0. The monoisotopic (exact) mass is 332 g/mol. The highest BCUT2D eigenvalue weighted by Gasteiger charge is 2.39. The molecule has 0 spiro atoms. The molecule has 0 radical (unpaired) electrons. The van der Waals surface area contributed by atoms with Gasteiger partial charge < -0.3 is 10.5 Å². The van der Waals surface area contributed by atoms with Crippen molar-refractivity contribution in [1.29, 1.82) is 0 Å². The summed E-state index contributed by atoms with van der Waals surface area (Å²) >= 11 is 0. The van der Waals surface area contributed by atoms with Gasteiger partial charge in [0.15, 0.2) is 11.6 Å². The van der Waals surface area contributed by atoms with Crippen molar-refractivity contribution >= 4 is 5.91 Å². The van der Waals surface area contributed by atoms with E-state index in [1.807, 2.05) is 0 Å². The number of fused-ring (bicyclic) bond motifs is 1. The van der Waals surface area contributed by atoms with Crippen LogP contribution in [0.2, 0.25) is 0 Å². The third-order valence-electron chi connectivity index (χ3n) is 6.00. The molecule has 1 unspecified atom stereocenters. The standard InChI is InChI=1S/C19H25FN2O2/c20-17-9-8-15(19(21)23)16-10-14(11-24-18(16)17)22(13-6-3-7-13)12-4-1-2-5-12/h8-9,12-14H,1-7,10-11H2,(H2,21,23). The molecule has 1 amide bonds. The molecule has 1 aromatic rings. The van der Waals surface area contributed by atoms with E-state index in [4.69, 9.17) is 10.5 Å². The number of ether oxygens (including phenoxy) is 1. The maximum absolute atomic E-state index is 14.1. The van der Waals surface area contributed by atoms with Crippen molar-refractivity contribution in [2.45, 2.75) is 69.5 Å². The maximum atomic E-state index is 14.1. The van der Waals surface area contributed by atoms with Crippen LogP contribution in [0.5, 0.6) is 5.75 Å². The van der Waals surface area contributed by atoms with Crippen molar-refractivity contribution in [1.82, 2.24) is 4.90 Å². The summed E-state index contributed by atoms with van der Waals surface area (Å²) in [6, 6.07) is 4.21. The number of hydrogen-bond donors (Lipinski definition) is 1. The Kier molecular flexibility index (Phi) is 4.21. The summed E-state index contributed by atoms with van der Waals surface area (Å²) in [4.78, 5) is 14.4. The molecule has 0 saturated heterocycles. The number of hydrogen-bond acceptors (Lipinski definition) is 3. The lowest BCUT2D eigenvalue weighted by molar-refractivity contribution is 0.00907. The number of amides is 1. The van der Waals surface area contributed by atoms with Gasteiger partial charge >= 0.3 is 0 Å². The topological polar surface area (TPSA) is 55.6 Å². The first-order chi connectivity index (χ1) is 11.6. The Morgan fingerprint density at radius 1 is 1.08 bits per heavy atom. The molecule has 0 bridgehead atoms. The molecule has 1 atom stereocenters. The lowest BCUT2D eigenvalue weighted by Crippen LogP contribution is -2.55. The van der Waals surface area contributed by atoms with E-state index in [9.17, 15) is 9.18 Å². The van der Waals surface area contributed by atoms with Gasteiger partial charge in [-0.15, -0.1) is 0 Å². The first kappa shape index (κ1) is 15.9. The Morgan fingerprint density at radius 2 is 1.75 bits per heavy atom. The summed E-state index contributed by atoms with van der Waals surface area (Å²) in [6.07, 6.45) is 9.49. The van der Waals surface area contributed by atoms with Gasteiger partial charge in [0, 0.05) is 29.3 Å². The van der Waals surface area contributed by atoms with E-state index in [0.29, 0.717) is 36.2 Å². The van der Waals surface area contributed by atoms with E-state index >= 15 is 0 Å². The van der Waals surface area contributed by atoms with Gasteiger partial charge in [0.05, 0.1) is 0 Å². The third-order valence-corrected chi connectivity index (χ3v) is 6.00. The molecule has 4 nitrogen and oxygen atoms in total. The normalized spacial score (nSPS) is 24.5. The Bertz CT molecular complexity index is 638. The molecule has 2 saturated carbocycles. The summed E-state index contributed by atoms with van der Waals surface area (Å²) < 4.78 is 19.9. The average Bonchev–Trinajstić information content (AvgIpc) is 3.04. The van der Waals surface area contributed by atoms with E-state index in [0.717, 1.165) is 0 Å². The number of nitrogens with two attached hydrogens (primary N) is 1. The summed E-state index contributed by atoms with van der Waals surface area (Å²) in [5.74, 6) is -0.682. The minimum atomic E-state index is -0.508. The summed E-state index contributed by atoms with van der Waals surface area (Å²) in [5.41, 5.74) is 6.55. The van der Waals surface area contributed by atoms with Crippen LogP contribution >= 0.6 is 0 Å². The van der Waals surface area contributed by atoms with E-state index in [-0.39, 0.29) is 11.8 Å². The maximum Gasteiger partial charge on any atom is 0.249 e. The van der Waals surface area contributed by atoms with E-state index in [1.165, 1.54) is 57.1 Å². The molecule has 4 rings (SSSR count). The molecular formula is C19H25FN2O2. The number of halogens is 1. The van der Waals surface area contributed by atoms with Crippen LogP contribution in [-0.4, -0.2) is 35.5 Å². The fraction of sp³-hybridized carbons (Fsp3) is 0.632. The first-order valence-electron chi connectivity index (χ1n) is 9.16. The zero-order chi connectivity index (χ0) is 16.7. The predicted octanol–water partition coefficient (Wildman–Crippen LogP) is 3.03. The highest BCUT2D eigenvalue weighted by Crippen LogP contribution is 2.38. The smallest absolute Gasteiger partial charge is 0.249 e. The summed E-state index contributed by atoms with van der Waals surface area (Å²) in [7, 11) is 0. The number of nitrogens with zero attached hydrogens (tertiary/aromatic N) is 1. The minimum absolute atomic E-state index is 0.214. The fourth-order valence-corrected chi connectivity index (χ4v) is 4.64.